The number of hydrogen-bond acceptors (Lipinski definition) is 3. The van der Waals surface area contributed by atoms with Crippen LogP contribution in [0.3, 0.4) is 0 Å². The lowest BCUT2D eigenvalue weighted by atomic mass is 9.86. The van der Waals surface area contributed by atoms with E-state index in [9.17, 15) is 9.59 Å². The van der Waals surface area contributed by atoms with Crippen molar-refractivity contribution >= 4 is 11.8 Å². The second-order valence-corrected chi connectivity index (χ2v) is 8.59. The molecule has 26 heavy (non-hydrogen) atoms. The van der Waals surface area contributed by atoms with Crippen LogP contribution in [0.1, 0.15) is 56.0 Å². The summed E-state index contributed by atoms with van der Waals surface area (Å²) in [6, 6.07) is 8.21. The number of piperidine rings is 1. The van der Waals surface area contributed by atoms with Gasteiger partial charge in [-0.15, -0.1) is 0 Å². The SMILES string of the molecule is CC(C)(C)c1ccc(C(=O)N2CCC(C(=O)N[C@H]3CCNC3)CC2)cc1. The van der Waals surface area contributed by atoms with E-state index in [0.29, 0.717) is 13.1 Å². The normalized spacial score (nSPS) is 21.7. The summed E-state index contributed by atoms with van der Waals surface area (Å²) in [5, 5.41) is 6.41. The van der Waals surface area contributed by atoms with Crippen molar-refractivity contribution in [3.05, 3.63) is 35.4 Å². The minimum absolute atomic E-state index is 0.0305. The topological polar surface area (TPSA) is 61.4 Å². The molecule has 0 bridgehead atoms. The molecule has 5 heteroatoms. The van der Waals surface area contributed by atoms with Crippen LogP contribution in [0, 0.1) is 5.92 Å². The highest BCUT2D eigenvalue weighted by atomic mass is 16.2. The van der Waals surface area contributed by atoms with Crippen molar-refractivity contribution in [2.45, 2.75) is 51.5 Å². The van der Waals surface area contributed by atoms with Crippen molar-refractivity contribution in [2.75, 3.05) is 26.2 Å². The van der Waals surface area contributed by atoms with Gasteiger partial charge in [-0.25, -0.2) is 0 Å². The van der Waals surface area contributed by atoms with Gasteiger partial charge in [-0.2, -0.15) is 0 Å². The average Bonchev–Trinajstić information content (AvgIpc) is 3.13. The molecule has 2 aliphatic rings. The van der Waals surface area contributed by atoms with Crippen molar-refractivity contribution in [3.8, 4) is 0 Å². The predicted molar refractivity (Wildman–Crippen MR) is 103 cm³/mol. The van der Waals surface area contributed by atoms with E-state index in [1.54, 1.807) is 0 Å². The lowest BCUT2D eigenvalue weighted by Crippen LogP contribution is -2.45. The Morgan fingerprint density at radius 3 is 2.27 bits per heavy atom. The van der Waals surface area contributed by atoms with E-state index in [-0.39, 0.29) is 29.2 Å². The first-order valence-electron chi connectivity index (χ1n) is 9.75. The number of nitrogens with one attached hydrogen (secondary N) is 2. The van der Waals surface area contributed by atoms with Crippen molar-refractivity contribution in [3.63, 3.8) is 0 Å². The maximum Gasteiger partial charge on any atom is 0.253 e. The van der Waals surface area contributed by atoms with E-state index >= 15 is 0 Å². The fourth-order valence-corrected chi connectivity index (χ4v) is 3.74. The first kappa shape index (κ1) is 18.9. The lowest BCUT2D eigenvalue weighted by molar-refractivity contribution is -0.126. The molecule has 0 unspecified atom stereocenters. The summed E-state index contributed by atoms with van der Waals surface area (Å²) in [5.41, 5.74) is 2.05. The Bertz CT molecular complexity index is 634. The summed E-state index contributed by atoms with van der Waals surface area (Å²) in [4.78, 5) is 27.0. The van der Waals surface area contributed by atoms with Gasteiger partial charge < -0.3 is 15.5 Å². The Labute approximate surface area is 156 Å². The van der Waals surface area contributed by atoms with Crippen molar-refractivity contribution in [1.29, 1.82) is 0 Å². The van der Waals surface area contributed by atoms with Crippen molar-refractivity contribution in [1.82, 2.24) is 15.5 Å². The first-order chi connectivity index (χ1) is 12.3. The molecule has 2 saturated heterocycles. The number of likely N-dealkylation sites (tertiary alicyclic amines) is 1. The van der Waals surface area contributed by atoms with Gasteiger partial charge in [0.1, 0.15) is 0 Å². The molecule has 0 aromatic heterocycles. The molecule has 1 atom stereocenters. The molecule has 2 heterocycles. The summed E-state index contributed by atoms with van der Waals surface area (Å²) in [5.74, 6) is 0.257. The molecular weight excluding hydrogens is 326 g/mol. The smallest absolute Gasteiger partial charge is 0.253 e. The summed E-state index contributed by atoms with van der Waals surface area (Å²) >= 11 is 0. The van der Waals surface area contributed by atoms with Gasteiger partial charge in [0, 0.05) is 37.2 Å². The number of carbonyl (C=O) groups excluding carboxylic acids is 2. The molecule has 0 saturated carbocycles. The van der Waals surface area contributed by atoms with Gasteiger partial charge in [0.15, 0.2) is 0 Å². The third-order valence-electron chi connectivity index (χ3n) is 5.56. The van der Waals surface area contributed by atoms with Gasteiger partial charge in [-0.05, 0) is 48.9 Å². The zero-order valence-electron chi connectivity index (χ0n) is 16.2. The lowest BCUT2D eigenvalue weighted by Gasteiger charge is -2.32. The minimum Gasteiger partial charge on any atom is -0.352 e. The molecule has 0 radical (unpaired) electrons. The maximum absolute atomic E-state index is 12.7. The Morgan fingerprint density at radius 2 is 1.73 bits per heavy atom. The van der Waals surface area contributed by atoms with Gasteiger partial charge in [0.2, 0.25) is 5.91 Å². The molecule has 0 spiro atoms. The van der Waals surface area contributed by atoms with Gasteiger partial charge in [-0.1, -0.05) is 32.9 Å². The van der Waals surface area contributed by atoms with Crippen LogP contribution in [0.15, 0.2) is 24.3 Å². The molecule has 2 N–H and O–H groups in total. The fourth-order valence-electron chi connectivity index (χ4n) is 3.74. The molecule has 3 rings (SSSR count). The first-order valence-corrected chi connectivity index (χ1v) is 9.75. The second-order valence-electron chi connectivity index (χ2n) is 8.59. The quantitative estimate of drug-likeness (QED) is 0.873. The predicted octanol–water partition coefficient (Wildman–Crippen LogP) is 2.31. The van der Waals surface area contributed by atoms with Gasteiger partial charge in [0.25, 0.3) is 5.91 Å². The number of hydrogen-bond donors (Lipinski definition) is 2. The van der Waals surface area contributed by atoms with E-state index in [1.807, 2.05) is 29.2 Å². The summed E-state index contributed by atoms with van der Waals surface area (Å²) in [6.45, 7) is 9.66. The fraction of sp³-hybridized carbons (Fsp3) is 0.619. The number of carbonyl (C=O) groups is 2. The third-order valence-corrected chi connectivity index (χ3v) is 5.56. The van der Waals surface area contributed by atoms with Gasteiger partial charge in [-0.3, -0.25) is 9.59 Å². The monoisotopic (exact) mass is 357 g/mol. The van der Waals surface area contributed by atoms with Crippen LogP contribution in [-0.2, 0) is 10.2 Å². The minimum atomic E-state index is 0.0305. The largest absolute Gasteiger partial charge is 0.352 e. The molecule has 2 amide bonds. The molecule has 142 valence electrons. The number of rotatable bonds is 3. The van der Waals surface area contributed by atoms with Crippen molar-refractivity contribution in [2.24, 2.45) is 5.92 Å². The average molecular weight is 357 g/mol. The van der Waals surface area contributed by atoms with Crippen LogP contribution in [-0.4, -0.2) is 48.9 Å². The van der Waals surface area contributed by atoms with E-state index < -0.39 is 0 Å². The number of amides is 2. The Kier molecular flexibility index (Phi) is 5.66. The summed E-state index contributed by atoms with van der Waals surface area (Å²) in [7, 11) is 0. The Balaban J connectivity index is 1.52. The highest BCUT2D eigenvalue weighted by molar-refractivity contribution is 5.94. The molecule has 5 nitrogen and oxygen atoms in total. The van der Waals surface area contributed by atoms with Crippen LogP contribution in [0.2, 0.25) is 0 Å². The molecule has 1 aromatic carbocycles. The van der Waals surface area contributed by atoms with Gasteiger partial charge >= 0.3 is 0 Å². The van der Waals surface area contributed by atoms with Crippen LogP contribution in [0.4, 0.5) is 0 Å². The Morgan fingerprint density at radius 1 is 1.08 bits per heavy atom. The molecule has 0 aliphatic carbocycles. The molecule has 2 fully saturated rings. The number of benzene rings is 1. The van der Waals surface area contributed by atoms with Crippen LogP contribution in [0.5, 0.6) is 0 Å². The zero-order valence-corrected chi connectivity index (χ0v) is 16.2. The second kappa shape index (κ2) is 7.78. The molecular formula is C21H31N3O2. The van der Waals surface area contributed by atoms with E-state index in [4.69, 9.17) is 0 Å². The Hall–Kier alpha value is -1.88. The summed E-state index contributed by atoms with van der Waals surface area (Å²) < 4.78 is 0. The van der Waals surface area contributed by atoms with E-state index in [1.165, 1.54) is 5.56 Å². The van der Waals surface area contributed by atoms with Crippen LogP contribution >= 0.6 is 0 Å². The molecule has 2 aliphatic heterocycles. The van der Waals surface area contributed by atoms with Gasteiger partial charge in [0.05, 0.1) is 0 Å². The number of nitrogens with zero attached hydrogens (tertiary/aromatic N) is 1. The van der Waals surface area contributed by atoms with E-state index in [2.05, 4.69) is 31.4 Å². The van der Waals surface area contributed by atoms with Crippen LogP contribution in [0.25, 0.3) is 0 Å². The molecule has 1 aromatic rings. The maximum atomic E-state index is 12.7. The highest BCUT2D eigenvalue weighted by Crippen LogP contribution is 2.24. The van der Waals surface area contributed by atoms with Crippen molar-refractivity contribution < 1.29 is 9.59 Å². The summed E-state index contributed by atoms with van der Waals surface area (Å²) in [6.07, 6.45) is 2.50. The van der Waals surface area contributed by atoms with E-state index in [0.717, 1.165) is 37.9 Å². The standard InChI is InChI=1S/C21H31N3O2/c1-21(2,3)17-6-4-16(5-7-17)20(26)24-12-9-15(10-13-24)19(25)23-18-8-11-22-14-18/h4-7,15,18,22H,8-14H2,1-3H3,(H,23,25)/t18-/m0/s1. The zero-order chi connectivity index (χ0) is 18.7. The third kappa shape index (κ3) is 4.44. The van der Waals surface area contributed by atoms with Crippen LogP contribution < -0.4 is 10.6 Å². The highest BCUT2D eigenvalue weighted by Gasteiger charge is 2.29.